The van der Waals surface area contributed by atoms with Crippen LogP contribution in [0.3, 0.4) is 0 Å². The van der Waals surface area contributed by atoms with E-state index in [0.29, 0.717) is 0 Å². The van der Waals surface area contributed by atoms with Crippen molar-refractivity contribution in [3.8, 4) is 5.88 Å². The molecule has 0 aromatic carbocycles. The molecule has 0 aliphatic heterocycles. The standard InChI is InChI=1S/C8H6ClF3N2O3/c1-4-7(14(15)16)5(3-9)2-6(13-4)17-8(10,11)12/h2H,3H2,1H3. The van der Waals surface area contributed by atoms with Crippen molar-refractivity contribution >= 4 is 17.3 Å². The average Bonchev–Trinajstić information content (AvgIpc) is 2.12. The van der Waals surface area contributed by atoms with Gasteiger partial charge >= 0.3 is 6.36 Å². The van der Waals surface area contributed by atoms with Gasteiger partial charge in [0.1, 0.15) is 5.69 Å². The molecule has 9 heteroatoms. The van der Waals surface area contributed by atoms with Crippen molar-refractivity contribution < 1.29 is 22.8 Å². The largest absolute Gasteiger partial charge is 0.574 e. The van der Waals surface area contributed by atoms with E-state index in [9.17, 15) is 23.3 Å². The maximum Gasteiger partial charge on any atom is 0.574 e. The van der Waals surface area contributed by atoms with Gasteiger partial charge in [0.25, 0.3) is 5.69 Å². The molecule has 5 nitrogen and oxygen atoms in total. The first-order chi connectivity index (χ1) is 7.74. The Bertz CT molecular complexity index is 450. The lowest BCUT2D eigenvalue weighted by atomic mass is 10.2. The molecule has 1 rings (SSSR count). The Morgan fingerprint density at radius 3 is 2.59 bits per heavy atom. The summed E-state index contributed by atoms with van der Waals surface area (Å²) in [5.41, 5.74) is -0.676. The van der Waals surface area contributed by atoms with Crippen molar-refractivity contribution in [3.63, 3.8) is 0 Å². The zero-order valence-corrected chi connectivity index (χ0v) is 9.17. The number of aromatic nitrogens is 1. The van der Waals surface area contributed by atoms with E-state index in [0.717, 1.165) is 6.07 Å². The Morgan fingerprint density at radius 1 is 1.59 bits per heavy atom. The molecule has 1 aromatic heterocycles. The van der Waals surface area contributed by atoms with Crippen LogP contribution in [0, 0.1) is 17.0 Å². The van der Waals surface area contributed by atoms with Crippen LogP contribution in [-0.2, 0) is 5.88 Å². The molecule has 0 N–H and O–H groups in total. The number of pyridine rings is 1. The molecule has 0 fully saturated rings. The lowest BCUT2D eigenvalue weighted by Crippen LogP contribution is -2.18. The molecule has 0 aliphatic carbocycles. The number of hydrogen-bond acceptors (Lipinski definition) is 4. The molecule has 0 saturated heterocycles. The number of ether oxygens (including phenoxy) is 1. The molecule has 0 unspecified atom stereocenters. The van der Waals surface area contributed by atoms with Gasteiger partial charge in [-0.1, -0.05) is 0 Å². The Labute approximate surface area is 98.3 Å². The van der Waals surface area contributed by atoms with Crippen molar-refractivity contribution in [3.05, 3.63) is 27.4 Å². The van der Waals surface area contributed by atoms with Crippen LogP contribution in [0.15, 0.2) is 6.07 Å². The van der Waals surface area contributed by atoms with Gasteiger partial charge in [-0.3, -0.25) is 10.1 Å². The minimum Gasteiger partial charge on any atom is -0.388 e. The molecule has 1 aromatic rings. The Hall–Kier alpha value is -1.57. The van der Waals surface area contributed by atoms with Crippen LogP contribution < -0.4 is 4.74 Å². The molecule has 0 atom stereocenters. The highest BCUT2D eigenvalue weighted by atomic mass is 35.5. The van der Waals surface area contributed by atoms with Crippen LogP contribution in [0.5, 0.6) is 5.88 Å². The number of rotatable bonds is 3. The van der Waals surface area contributed by atoms with Crippen LogP contribution in [0.2, 0.25) is 0 Å². The summed E-state index contributed by atoms with van der Waals surface area (Å²) in [4.78, 5) is 13.2. The van der Waals surface area contributed by atoms with Crippen LogP contribution in [0.4, 0.5) is 18.9 Å². The smallest absolute Gasteiger partial charge is 0.388 e. The maximum absolute atomic E-state index is 11.9. The summed E-state index contributed by atoms with van der Waals surface area (Å²) in [5.74, 6) is -1.08. The highest BCUT2D eigenvalue weighted by molar-refractivity contribution is 6.17. The second kappa shape index (κ2) is 4.74. The first kappa shape index (κ1) is 13.5. The lowest BCUT2D eigenvalue weighted by Gasteiger charge is -2.10. The molecule has 1 heterocycles. The minimum absolute atomic E-state index is 0.0802. The summed E-state index contributed by atoms with van der Waals surface area (Å²) < 4.78 is 39.4. The van der Waals surface area contributed by atoms with Gasteiger partial charge < -0.3 is 4.74 Å². The maximum atomic E-state index is 11.9. The second-order valence-corrected chi connectivity index (χ2v) is 3.26. The third-order valence-corrected chi connectivity index (χ3v) is 2.06. The molecule has 17 heavy (non-hydrogen) atoms. The quantitative estimate of drug-likeness (QED) is 0.481. The van der Waals surface area contributed by atoms with Crippen LogP contribution in [0.1, 0.15) is 11.3 Å². The van der Waals surface area contributed by atoms with Gasteiger partial charge in [-0.15, -0.1) is 24.8 Å². The van der Waals surface area contributed by atoms with Gasteiger partial charge in [-0.2, -0.15) is 0 Å². The van der Waals surface area contributed by atoms with Crippen LogP contribution >= 0.6 is 11.6 Å². The molecule has 0 bridgehead atoms. The molecule has 0 saturated carbocycles. The zero-order valence-electron chi connectivity index (χ0n) is 8.42. The fourth-order valence-electron chi connectivity index (χ4n) is 1.22. The SMILES string of the molecule is Cc1nc(OC(F)(F)F)cc(CCl)c1[N+](=O)[O-]. The summed E-state index contributed by atoms with van der Waals surface area (Å²) in [6.45, 7) is 1.21. The van der Waals surface area contributed by atoms with Crippen molar-refractivity contribution in [1.82, 2.24) is 4.98 Å². The number of nitrogens with zero attached hydrogens (tertiary/aromatic N) is 2. The van der Waals surface area contributed by atoms with E-state index in [1.807, 2.05) is 0 Å². The predicted octanol–water partition coefficient (Wildman–Crippen LogP) is 2.94. The van der Waals surface area contributed by atoms with Gasteiger partial charge in [0.2, 0.25) is 5.88 Å². The number of aryl methyl sites for hydroxylation is 1. The molecular formula is C8H6ClF3N2O3. The van der Waals surface area contributed by atoms with Crippen molar-refractivity contribution in [2.45, 2.75) is 19.2 Å². The summed E-state index contributed by atoms with van der Waals surface area (Å²) in [7, 11) is 0. The first-order valence-corrected chi connectivity index (χ1v) is 4.74. The third-order valence-electron chi connectivity index (χ3n) is 1.77. The topological polar surface area (TPSA) is 65.3 Å². The van der Waals surface area contributed by atoms with Gasteiger partial charge in [0, 0.05) is 6.07 Å². The Kier molecular flexibility index (Phi) is 3.76. The highest BCUT2D eigenvalue weighted by Gasteiger charge is 2.33. The average molecular weight is 271 g/mol. The Morgan fingerprint density at radius 2 is 2.18 bits per heavy atom. The van der Waals surface area contributed by atoms with Crippen molar-refractivity contribution in [2.75, 3.05) is 0 Å². The van der Waals surface area contributed by atoms with E-state index in [-0.39, 0.29) is 17.1 Å². The van der Waals surface area contributed by atoms with Gasteiger partial charge in [-0.25, -0.2) is 4.98 Å². The summed E-state index contributed by atoms with van der Waals surface area (Å²) >= 11 is 5.42. The number of hydrogen-bond donors (Lipinski definition) is 0. The lowest BCUT2D eigenvalue weighted by molar-refractivity contribution is -0.386. The van der Waals surface area contributed by atoms with E-state index in [1.165, 1.54) is 6.92 Å². The molecule has 0 spiro atoms. The molecule has 0 amide bonds. The van der Waals surface area contributed by atoms with Gasteiger partial charge in [0.15, 0.2) is 0 Å². The first-order valence-electron chi connectivity index (χ1n) is 4.21. The van der Waals surface area contributed by atoms with Crippen LogP contribution in [0.25, 0.3) is 0 Å². The summed E-state index contributed by atoms with van der Waals surface area (Å²) in [6.07, 6.45) is -4.90. The van der Waals surface area contributed by atoms with Gasteiger partial charge in [0.05, 0.1) is 16.4 Å². The summed E-state index contributed by atoms with van der Waals surface area (Å²) in [5, 5.41) is 10.6. The summed E-state index contributed by atoms with van der Waals surface area (Å²) in [6, 6.07) is 0.797. The van der Waals surface area contributed by atoms with E-state index in [2.05, 4.69) is 9.72 Å². The van der Waals surface area contributed by atoms with E-state index >= 15 is 0 Å². The zero-order chi connectivity index (χ0) is 13.2. The highest BCUT2D eigenvalue weighted by Crippen LogP contribution is 2.29. The van der Waals surface area contributed by atoms with Crippen molar-refractivity contribution in [2.24, 2.45) is 0 Å². The number of alkyl halides is 4. The minimum atomic E-state index is -4.90. The fraction of sp³-hybridized carbons (Fsp3) is 0.375. The Balaban J connectivity index is 3.23. The van der Waals surface area contributed by atoms with Crippen molar-refractivity contribution in [1.29, 1.82) is 0 Å². The number of halogens is 4. The normalized spacial score (nSPS) is 11.4. The van der Waals surface area contributed by atoms with Crippen LogP contribution in [-0.4, -0.2) is 16.3 Å². The van der Waals surface area contributed by atoms with E-state index < -0.39 is 22.9 Å². The monoisotopic (exact) mass is 270 g/mol. The molecule has 0 aliphatic rings. The molecular weight excluding hydrogens is 265 g/mol. The van der Waals surface area contributed by atoms with E-state index in [1.54, 1.807) is 0 Å². The second-order valence-electron chi connectivity index (χ2n) is 2.99. The predicted molar refractivity (Wildman–Crippen MR) is 51.9 cm³/mol. The molecule has 94 valence electrons. The van der Waals surface area contributed by atoms with Gasteiger partial charge in [-0.05, 0) is 6.92 Å². The molecule has 0 radical (unpaired) electrons. The fourth-order valence-corrected chi connectivity index (χ4v) is 1.43. The third kappa shape index (κ3) is 3.45. The van der Waals surface area contributed by atoms with E-state index in [4.69, 9.17) is 11.6 Å². The number of nitro groups is 1.